The third-order valence-corrected chi connectivity index (χ3v) is 2.46. The summed E-state index contributed by atoms with van der Waals surface area (Å²) in [5.41, 5.74) is 0.842. The summed E-state index contributed by atoms with van der Waals surface area (Å²) < 4.78 is 4.85. The highest BCUT2D eigenvalue weighted by molar-refractivity contribution is 6.29. The van der Waals surface area contributed by atoms with Crippen molar-refractivity contribution < 1.29 is 9.53 Å². The van der Waals surface area contributed by atoms with Crippen LogP contribution in [0.2, 0.25) is 5.15 Å². The molecule has 1 rings (SSSR count). The second-order valence-electron chi connectivity index (χ2n) is 3.97. The summed E-state index contributed by atoms with van der Waals surface area (Å²) in [5, 5.41) is 3.22. The lowest BCUT2D eigenvalue weighted by Gasteiger charge is -2.15. The van der Waals surface area contributed by atoms with E-state index in [2.05, 4.69) is 10.3 Å². The molecule has 0 bridgehead atoms. The van der Waals surface area contributed by atoms with E-state index in [1.165, 1.54) is 0 Å². The first-order chi connectivity index (χ1) is 8.61. The first-order valence-electron chi connectivity index (χ1n) is 5.67. The number of hydrogen-bond acceptors (Lipinski definition) is 4. The second kappa shape index (κ2) is 8.02. The molecule has 0 saturated carbocycles. The van der Waals surface area contributed by atoms with Crippen molar-refractivity contribution in [2.24, 2.45) is 0 Å². The quantitative estimate of drug-likeness (QED) is 0.592. The molecule has 0 radical (unpaired) electrons. The molecule has 6 heteroatoms. The predicted molar refractivity (Wildman–Crippen MR) is 70.5 cm³/mol. The van der Waals surface area contributed by atoms with Gasteiger partial charge in [-0.3, -0.25) is 9.69 Å². The van der Waals surface area contributed by atoms with Crippen LogP contribution in [0.25, 0.3) is 0 Å². The van der Waals surface area contributed by atoms with Gasteiger partial charge >= 0.3 is 0 Å². The zero-order valence-corrected chi connectivity index (χ0v) is 11.4. The molecular weight excluding hydrogens is 254 g/mol. The molecule has 1 N–H and O–H groups in total. The average Bonchev–Trinajstić information content (AvgIpc) is 2.29. The van der Waals surface area contributed by atoms with Crippen LogP contribution in [0.4, 0.5) is 0 Å². The van der Waals surface area contributed by atoms with E-state index in [9.17, 15) is 4.79 Å². The Bertz CT molecular complexity index is 387. The minimum atomic E-state index is -0.0309. The molecule has 0 atom stereocenters. The topological polar surface area (TPSA) is 54.5 Å². The van der Waals surface area contributed by atoms with Crippen LogP contribution in [-0.4, -0.2) is 49.6 Å². The van der Waals surface area contributed by atoms with Crippen molar-refractivity contribution in [3.63, 3.8) is 0 Å². The Morgan fingerprint density at radius 3 is 3.00 bits per heavy atom. The number of carbonyl (C=O) groups excluding carboxylic acids is 1. The smallest absolute Gasteiger partial charge is 0.234 e. The highest BCUT2D eigenvalue weighted by Crippen LogP contribution is 2.06. The van der Waals surface area contributed by atoms with E-state index in [4.69, 9.17) is 16.3 Å². The van der Waals surface area contributed by atoms with Crippen LogP contribution in [-0.2, 0) is 16.1 Å². The molecule has 0 fully saturated rings. The maximum Gasteiger partial charge on any atom is 0.234 e. The van der Waals surface area contributed by atoms with Crippen molar-refractivity contribution in [1.29, 1.82) is 0 Å². The van der Waals surface area contributed by atoms with Crippen LogP contribution in [0.5, 0.6) is 0 Å². The van der Waals surface area contributed by atoms with Gasteiger partial charge in [-0.25, -0.2) is 4.98 Å². The molecule has 1 aromatic heterocycles. The fraction of sp³-hybridized carbons (Fsp3) is 0.500. The van der Waals surface area contributed by atoms with Gasteiger partial charge in [0.2, 0.25) is 5.91 Å². The molecule has 18 heavy (non-hydrogen) atoms. The van der Waals surface area contributed by atoms with E-state index < -0.39 is 0 Å². The summed E-state index contributed by atoms with van der Waals surface area (Å²) in [6.45, 7) is 1.94. The number of ether oxygens (including phenoxy) is 1. The van der Waals surface area contributed by atoms with E-state index in [1.54, 1.807) is 13.2 Å². The minimum absolute atomic E-state index is 0.0309. The number of amides is 1. The van der Waals surface area contributed by atoms with Crippen molar-refractivity contribution in [2.45, 2.75) is 6.54 Å². The maximum atomic E-state index is 11.5. The van der Waals surface area contributed by atoms with Crippen LogP contribution in [0.3, 0.4) is 0 Å². The van der Waals surface area contributed by atoms with E-state index in [-0.39, 0.29) is 5.91 Å². The number of pyridine rings is 1. The molecule has 1 amide bonds. The van der Waals surface area contributed by atoms with Gasteiger partial charge in [0, 0.05) is 20.2 Å². The number of likely N-dealkylation sites (N-methyl/N-ethyl adjacent to an activating group) is 1. The van der Waals surface area contributed by atoms with Gasteiger partial charge < -0.3 is 10.1 Å². The molecule has 0 saturated heterocycles. The normalized spacial score (nSPS) is 10.7. The number of rotatable bonds is 7. The summed E-state index contributed by atoms with van der Waals surface area (Å²) in [6, 6.07) is 5.45. The molecule has 100 valence electrons. The molecular formula is C12H18ClN3O2. The molecule has 0 aromatic carbocycles. The zero-order chi connectivity index (χ0) is 13.4. The fourth-order valence-corrected chi connectivity index (χ4v) is 1.65. The fourth-order valence-electron chi connectivity index (χ4n) is 1.46. The third-order valence-electron chi connectivity index (χ3n) is 2.25. The minimum Gasteiger partial charge on any atom is -0.383 e. The molecule has 0 spiro atoms. The van der Waals surface area contributed by atoms with Crippen molar-refractivity contribution in [3.05, 3.63) is 29.0 Å². The Labute approximate surface area is 112 Å². The summed E-state index contributed by atoms with van der Waals surface area (Å²) in [6.07, 6.45) is 0. The Morgan fingerprint density at radius 1 is 1.56 bits per heavy atom. The summed E-state index contributed by atoms with van der Waals surface area (Å²) in [7, 11) is 3.46. The zero-order valence-electron chi connectivity index (χ0n) is 10.6. The van der Waals surface area contributed by atoms with Crippen LogP contribution >= 0.6 is 11.6 Å². The van der Waals surface area contributed by atoms with Gasteiger partial charge in [-0.05, 0) is 19.2 Å². The van der Waals surface area contributed by atoms with Crippen LogP contribution in [0.15, 0.2) is 18.2 Å². The number of aromatic nitrogens is 1. The molecule has 0 aliphatic rings. The van der Waals surface area contributed by atoms with Crippen LogP contribution in [0.1, 0.15) is 5.69 Å². The van der Waals surface area contributed by atoms with Crippen molar-refractivity contribution in [3.8, 4) is 0 Å². The van der Waals surface area contributed by atoms with Gasteiger partial charge in [0.1, 0.15) is 5.15 Å². The van der Waals surface area contributed by atoms with Gasteiger partial charge in [-0.1, -0.05) is 17.7 Å². The molecule has 1 aromatic rings. The van der Waals surface area contributed by atoms with E-state index in [1.807, 2.05) is 24.1 Å². The lowest BCUT2D eigenvalue weighted by Crippen LogP contribution is -2.36. The van der Waals surface area contributed by atoms with Crippen molar-refractivity contribution in [2.75, 3.05) is 33.9 Å². The molecule has 1 heterocycles. The molecule has 0 aliphatic carbocycles. The lowest BCUT2D eigenvalue weighted by atomic mass is 10.3. The number of hydrogen-bond donors (Lipinski definition) is 1. The summed E-state index contributed by atoms with van der Waals surface area (Å²) in [5.74, 6) is -0.0309. The maximum absolute atomic E-state index is 11.5. The van der Waals surface area contributed by atoms with E-state index in [0.29, 0.717) is 31.4 Å². The predicted octanol–water partition coefficient (Wildman–Crippen LogP) is 0.929. The first-order valence-corrected chi connectivity index (χ1v) is 6.05. The molecule has 5 nitrogen and oxygen atoms in total. The Balaban J connectivity index is 2.32. The largest absolute Gasteiger partial charge is 0.383 e. The van der Waals surface area contributed by atoms with Crippen molar-refractivity contribution in [1.82, 2.24) is 15.2 Å². The summed E-state index contributed by atoms with van der Waals surface area (Å²) >= 11 is 5.80. The Morgan fingerprint density at radius 2 is 2.33 bits per heavy atom. The standard InChI is InChI=1S/C12H18ClN3O2/c1-16(9-12(17)14-6-7-18-2)8-10-4-3-5-11(13)15-10/h3-5H,6-9H2,1-2H3,(H,14,17). The van der Waals surface area contributed by atoms with Gasteiger partial charge in [0.25, 0.3) is 0 Å². The lowest BCUT2D eigenvalue weighted by molar-refractivity contribution is -0.122. The molecule has 0 aliphatic heterocycles. The second-order valence-corrected chi connectivity index (χ2v) is 4.35. The Kier molecular flexibility index (Phi) is 6.64. The Hall–Kier alpha value is -1.17. The van der Waals surface area contributed by atoms with Crippen LogP contribution < -0.4 is 5.32 Å². The van der Waals surface area contributed by atoms with Gasteiger partial charge in [-0.15, -0.1) is 0 Å². The van der Waals surface area contributed by atoms with E-state index >= 15 is 0 Å². The van der Waals surface area contributed by atoms with Gasteiger partial charge in [0.05, 0.1) is 18.8 Å². The highest BCUT2D eigenvalue weighted by Gasteiger charge is 2.07. The number of halogens is 1. The monoisotopic (exact) mass is 271 g/mol. The molecule has 0 unspecified atom stereocenters. The van der Waals surface area contributed by atoms with E-state index in [0.717, 1.165) is 5.69 Å². The number of nitrogens with one attached hydrogen (secondary N) is 1. The summed E-state index contributed by atoms with van der Waals surface area (Å²) in [4.78, 5) is 17.6. The van der Waals surface area contributed by atoms with Gasteiger partial charge in [-0.2, -0.15) is 0 Å². The number of nitrogens with zero attached hydrogens (tertiary/aromatic N) is 2. The number of methoxy groups -OCH3 is 1. The highest BCUT2D eigenvalue weighted by atomic mass is 35.5. The van der Waals surface area contributed by atoms with Crippen molar-refractivity contribution >= 4 is 17.5 Å². The SMILES string of the molecule is COCCNC(=O)CN(C)Cc1cccc(Cl)n1. The van der Waals surface area contributed by atoms with Gasteiger partial charge in [0.15, 0.2) is 0 Å². The third kappa shape index (κ3) is 5.95. The number of carbonyl (C=O) groups is 1. The van der Waals surface area contributed by atoms with Crippen LogP contribution in [0, 0.1) is 0 Å². The first kappa shape index (κ1) is 14.9. The average molecular weight is 272 g/mol.